The Morgan fingerprint density at radius 1 is 1.11 bits per heavy atom. The van der Waals surface area contributed by atoms with Crippen molar-refractivity contribution < 1.29 is 4.74 Å². The van der Waals surface area contributed by atoms with Gasteiger partial charge in [0.1, 0.15) is 5.75 Å². The molecule has 0 atom stereocenters. The van der Waals surface area contributed by atoms with Crippen molar-refractivity contribution in [3.63, 3.8) is 0 Å². The predicted molar refractivity (Wildman–Crippen MR) is 81.7 cm³/mol. The van der Waals surface area contributed by atoms with Crippen LogP contribution in [-0.4, -0.2) is 7.11 Å². The third-order valence-electron chi connectivity index (χ3n) is 3.72. The summed E-state index contributed by atoms with van der Waals surface area (Å²) in [6.45, 7) is 6.31. The molecule has 100 valence electrons. The molecule has 0 aromatic heterocycles. The smallest absolute Gasteiger partial charge is 0.129 e. The van der Waals surface area contributed by atoms with Crippen molar-refractivity contribution in [3.05, 3.63) is 47.0 Å². The van der Waals surface area contributed by atoms with E-state index in [-0.39, 0.29) is 0 Å². The zero-order chi connectivity index (χ0) is 14.0. The molecule has 19 heavy (non-hydrogen) atoms. The average Bonchev–Trinajstić information content (AvgIpc) is 2.42. The maximum atomic E-state index is 5.97. The highest BCUT2D eigenvalue weighted by Gasteiger charge is 2.11. The minimum atomic E-state index is 0.856. The van der Waals surface area contributed by atoms with E-state index in [9.17, 15) is 0 Å². The first-order valence-electron chi connectivity index (χ1n) is 6.61. The van der Waals surface area contributed by atoms with E-state index in [0.29, 0.717) is 0 Å². The Morgan fingerprint density at radius 2 is 1.84 bits per heavy atom. The maximum Gasteiger partial charge on any atom is 0.129 e. The van der Waals surface area contributed by atoms with Crippen LogP contribution in [0.25, 0.3) is 11.1 Å². The van der Waals surface area contributed by atoms with Gasteiger partial charge in [0.05, 0.1) is 7.11 Å². The van der Waals surface area contributed by atoms with Crippen LogP contribution >= 0.6 is 0 Å². The summed E-state index contributed by atoms with van der Waals surface area (Å²) in [6.07, 6.45) is 0.937. The van der Waals surface area contributed by atoms with E-state index in [0.717, 1.165) is 29.0 Å². The number of anilines is 1. The normalized spacial score (nSPS) is 10.5. The molecule has 0 saturated heterocycles. The van der Waals surface area contributed by atoms with Gasteiger partial charge in [0.15, 0.2) is 0 Å². The van der Waals surface area contributed by atoms with Gasteiger partial charge in [0.2, 0.25) is 0 Å². The third kappa shape index (κ3) is 2.43. The molecule has 0 aliphatic carbocycles. The Morgan fingerprint density at radius 3 is 2.47 bits per heavy atom. The lowest BCUT2D eigenvalue weighted by Crippen LogP contribution is -1.96. The number of benzene rings is 2. The molecule has 0 fully saturated rings. The van der Waals surface area contributed by atoms with Crippen molar-refractivity contribution in [2.45, 2.75) is 27.2 Å². The van der Waals surface area contributed by atoms with Gasteiger partial charge in [-0.3, -0.25) is 0 Å². The van der Waals surface area contributed by atoms with Crippen molar-refractivity contribution >= 4 is 5.69 Å². The fourth-order valence-corrected chi connectivity index (χ4v) is 2.36. The molecule has 2 rings (SSSR count). The second kappa shape index (κ2) is 5.35. The summed E-state index contributed by atoms with van der Waals surface area (Å²) in [4.78, 5) is 0. The summed E-state index contributed by atoms with van der Waals surface area (Å²) in [5.74, 6) is 0.951. The van der Waals surface area contributed by atoms with Crippen molar-refractivity contribution in [2.75, 3.05) is 12.8 Å². The number of hydrogen-bond donors (Lipinski definition) is 1. The zero-order valence-corrected chi connectivity index (χ0v) is 12.1. The van der Waals surface area contributed by atoms with Gasteiger partial charge >= 0.3 is 0 Å². The van der Waals surface area contributed by atoms with E-state index in [1.165, 1.54) is 16.7 Å². The second-order valence-corrected chi connectivity index (χ2v) is 4.86. The highest BCUT2D eigenvalue weighted by Crippen LogP contribution is 2.35. The number of ether oxygens (including phenoxy) is 1. The summed E-state index contributed by atoms with van der Waals surface area (Å²) in [6, 6.07) is 10.4. The maximum absolute atomic E-state index is 5.97. The van der Waals surface area contributed by atoms with Gasteiger partial charge in [0.25, 0.3) is 0 Å². The Labute approximate surface area is 115 Å². The first-order valence-corrected chi connectivity index (χ1v) is 6.61. The number of nitrogen functional groups attached to an aromatic ring is 1. The van der Waals surface area contributed by atoms with Gasteiger partial charge in [-0.25, -0.2) is 0 Å². The quantitative estimate of drug-likeness (QED) is 0.837. The molecule has 2 N–H and O–H groups in total. The molecular weight excluding hydrogens is 234 g/mol. The number of aryl methyl sites for hydroxylation is 2. The Hall–Kier alpha value is -1.96. The van der Waals surface area contributed by atoms with Crippen molar-refractivity contribution in [2.24, 2.45) is 0 Å². The lowest BCUT2D eigenvalue weighted by atomic mass is 9.96. The van der Waals surface area contributed by atoms with Gasteiger partial charge in [-0.05, 0) is 54.7 Å². The molecule has 2 heteroatoms. The first-order chi connectivity index (χ1) is 9.08. The first kappa shape index (κ1) is 13.5. The fourth-order valence-electron chi connectivity index (χ4n) is 2.36. The van der Waals surface area contributed by atoms with Gasteiger partial charge in [-0.2, -0.15) is 0 Å². The van der Waals surface area contributed by atoms with Gasteiger partial charge in [-0.15, -0.1) is 0 Å². The summed E-state index contributed by atoms with van der Waals surface area (Å²) in [7, 11) is 1.73. The minimum Gasteiger partial charge on any atom is -0.496 e. The number of hydrogen-bond acceptors (Lipinski definition) is 2. The minimum absolute atomic E-state index is 0.856. The molecule has 0 unspecified atom stereocenters. The highest BCUT2D eigenvalue weighted by atomic mass is 16.5. The van der Waals surface area contributed by atoms with Crippen molar-refractivity contribution in [1.29, 1.82) is 0 Å². The molecule has 0 aliphatic rings. The SMILES string of the molecule is CCc1cc(-c2ccc(C)c(C)c2OC)ccc1N. The monoisotopic (exact) mass is 255 g/mol. The third-order valence-corrected chi connectivity index (χ3v) is 3.72. The largest absolute Gasteiger partial charge is 0.496 e. The molecule has 2 aromatic carbocycles. The van der Waals surface area contributed by atoms with E-state index in [4.69, 9.17) is 10.5 Å². The van der Waals surface area contributed by atoms with Crippen LogP contribution in [-0.2, 0) is 6.42 Å². The lowest BCUT2D eigenvalue weighted by Gasteiger charge is -2.15. The molecule has 0 bridgehead atoms. The zero-order valence-electron chi connectivity index (χ0n) is 12.1. The Kier molecular flexibility index (Phi) is 3.79. The Bertz CT molecular complexity index is 602. The summed E-state index contributed by atoms with van der Waals surface area (Å²) in [5, 5.41) is 0. The van der Waals surface area contributed by atoms with E-state index in [1.54, 1.807) is 7.11 Å². The van der Waals surface area contributed by atoms with Crippen LogP contribution in [0.4, 0.5) is 5.69 Å². The molecule has 0 aliphatic heterocycles. The summed E-state index contributed by atoms with van der Waals surface area (Å²) >= 11 is 0. The summed E-state index contributed by atoms with van der Waals surface area (Å²) in [5.41, 5.74) is 12.7. The molecule has 2 aromatic rings. The standard InChI is InChI=1S/C17H21NO/c1-5-13-10-14(7-9-16(13)18)15-8-6-11(2)12(3)17(15)19-4/h6-10H,5,18H2,1-4H3. The van der Waals surface area contributed by atoms with Gasteiger partial charge in [0, 0.05) is 11.3 Å². The molecule has 2 nitrogen and oxygen atoms in total. The van der Waals surface area contributed by atoms with Crippen LogP contribution in [0.2, 0.25) is 0 Å². The van der Waals surface area contributed by atoms with Crippen molar-refractivity contribution in [1.82, 2.24) is 0 Å². The van der Waals surface area contributed by atoms with Crippen LogP contribution in [0.5, 0.6) is 5.75 Å². The van der Waals surface area contributed by atoms with Gasteiger partial charge < -0.3 is 10.5 Å². The topological polar surface area (TPSA) is 35.2 Å². The number of nitrogens with two attached hydrogens (primary N) is 1. The Balaban J connectivity index is 2.62. The average molecular weight is 255 g/mol. The van der Waals surface area contributed by atoms with Crippen LogP contribution in [0.1, 0.15) is 23.6 Å². The van der Waals surface area contributed by atoms with Crippen molar-refractivity contribution in [3.8, 4) is 16.9 Å². The van der Waals surface area contributed by atoms with Gasteiger partial charge in [-0.1, -0.05) is 25.1 Å². The molecule has 0 heterocycles. The molecular formula is C17H21NO. The van der Waals surface area contributed by atoms with E-state index >= 15 is 0 Å². The van der Waals surface area contributed by atoms with E-state index in [2.05, 4.69) is 45.0 Å². The molecule has 0 saturated carbocycles. The van der Waals surface area contributed by atoms with E-state index in [1.807, 2.05) is 6.07 Å². The highest BCUT2D eigenvalue weighted by molar-refractivity contribution is 5.75. The predicted octanol–water partition coefficient (Wildman–Crippen LogP) is 4.12. The fraction of sp³-hybridized carbons (Fsp3) is 0.294. The summed E-state index contributed by atoms with van der Waals surface area (Å²) < 4.78 is 5.58. The van der Waals surface area contributed by atoms with Crippen LogP contribution in [0.3, 0.4) is 0 Å². The lowest BCUT2D eigenvalue weighted by molar-refractivity contribution is 0.413. The van der Waals surface area contributed by atoms with Crippen LogP contribution < -0.4 is 10.5 Å². The van der Waals surface area contributed by atoms with E-state index < -0.39 is 0 Å². The van der Waals surface area contributed by atoms with Crippen LogP contribution in [0.15, 0.2) is 30.3 Å². The molecule has 0 radical (unpaired) electrons. The number of methoxy groups -OCH3 is 1. The second-order valence-electron chi connectivity index (χ2n) is 4.86. The number of rotatable bonds is 3. The molecule has 0 amide bonds. The van der Waals surface area contributed by atoms with Crippen LogP contribution in [0, 0.1) is 13.8 Å². The molecule has 0 spiro atoms.